The number of ketones is 3. The second-order valence-corrected chi connectivity index (χ2v) is 7.27. The van der Waals surface area contributed by atoms with Gasteiger partial charge in [0.05, 0.1) is 39.6 Å². The fourth-order valence-corrected chi connectivity index (χ4v) is 2.05. The molecule has 0 amide bonds. The van der Waals surface area contributed by atoms with E-state index in [4.69, 9.17) is 18.9 Å². The van der Waals surface area contributed by atoms with Gasteiger partial charge >= 0.3 is 0 Å². The normalized spacial score (nSPS) is 11.4. The second kappa shape index (κ2) is 17.9. The summed E-state index contributed by atoms with van der Waals surface area (Å²) in [6.45, 7) is 10.7. The third kappa shape index (κ3) is 17.0. The van der Waals surface area contributed by atoms with E-state index in [0.29, 0.717) is 71.9 Å². The van der Waals surface area contributed by atoms with Gasteiger partial charge in [0.1, 0.15) is 18.2 Å². The molecule has 0 atom stereocenters. The monoisotopic (exact) mass is 402 g/mol. The van der Waals surface area contributed by atoms with Gasteiger partial charge in [0.2, 0.25) is 0 Å². The van der Waals surface area contributed by atoms with E-state index in [2.05, 4.69) is 0 Å². The lowest BCUT2D eigenvalue weighted by Crippen LogP contribution is -2.17. The lowest BCUT2D eigenvalue weighted by Gasteiger charge is -2.08. The zero-order valence-corrected chi connectivity index (χ0v) is 18.0. The van der Waals surface area contributed by atoms with E-state index < -0.39 is 0 Å². The fraction of sp³-hybridized carbons (Fsp3) is 0.857. The maximum atomic E-state index is 11.7. The van der Waals surface area contributed by atoms with Gasteiger partial charge < -0.3 is 18.9 Å². The second-order valence-electron chi connectivity index (χ2n) is 7.27. The average molecular weight is 403 g/mol. The van der Waals surface area contributed by atoms with Crippen molar-refractivity contribution in [3.8, 4) is 0 Å². The molecule has 0 bridgehead atoms. The Morgan fingerprint density at radius 3 is 1.54 bits per heavy atom. The molecule has 0 spiro atoms. The van der Waals surface area contributed by atoms with Crippen molar-refractivity contribution >= 4 is 17.3 Å². The van der Waals surface area contributed by atoms with Crippen LogP contribution in [0.5, 0.6) is 0 Å². The molecule has 0 aliphatic rings. The Bertz CT molecular complexity index is 432. The molecule has 0 aromatic rings. The number of ether oxygens (including phenoxy) is 4. The summed E-state index contributed by atoms with van der Waals surface area (Å²) >= 11 is 0. The zero-order chi connectivity index (χ0) is 21.2. The molecule has 0 saturated heterocycles. The van der Waals surface area contributed by atoms with Gasteiger partial charge in [-0.2, -0.15) is 0 Å². The zero-order valence-electron chi connectivity index (χ0n) is 18.0. The smallest absolute Gasteiger partial charge is 0.160 e. The molecule has 28 heavy (non-hydrogen) atoms. The molecule has 0 unspecified atom stereocenters. The van der Waals surface area contributed by atoms with E-state index in [1.165, 1.54) is 0 Å². The first-order valence-corrected chi connectivity index (χ1v) is 10.2. The predicted molar refractivity (Wildman–Crippen MR) is 106 cm³/mol. The molecule has 0 aromatic carbocycles. The molecule has 7 heteroatoms. The quantitative estimate of drug-likeness (QED) is 0.289. The van der Waals surface area contributed by atoms with Crippen LogP contribution in [0.1, 0.15) is 53.4 Å². The summed E-state index contributed by atoms with van der Waals surface area (Å²) in [6.07, 6.45) is 1.79. The highest BCUT2D eigenvalue weighted by molar-refractivity contribution is 5.86. The van der Waals surface area contributed by atoms with Gasteiger partial charge in [0.25, 0.3) is 0 Å². The topological polar surface area (TPSA) is 88.1 Å². The molecule has 0 heterocycles. The number of rotatable bonds is 20. The van der Waals surface area contributed by atoms with E-state index in [1.807, 2.05) is 27.7 Å². The largest absolute Gasteiger partial charge is 0.379 e. The van der Waals surface area contributed by atoms with Crippen LogP contribution in [0.15, 0.2) is 0 Å². The first-order chi connectivity index (χ1) is 13.3. The van der Waals surface area contributed by atoms with Crippen LogP contribution in [0.4, 0.5) is 0 Å². The van der Waals surface area contributed by atoms with Gasteiger partial charge in [-0.05, 0) is 6.42 Å². The van der Waals surface area contributed by atoms with Gasteiger partial charge in [0, 0.05) is 37.7 Å². The predicted octanol–water partition coefficient (Wildman–Crippen LogP) is 2.63. The number of hydrogen-bond donors (Lipinski definition) is 0. The SMILES string of the molecule is CC(C)C(=O)CCC(=O)CCCOCCOCCOCCOCC(=O)C(C)C. The van der Waals surface area contributed by atoms with Crippen LogP contribution in [0.3, 0.4) is 0 Å². The number of Topliss-reactive ketones (excluding diaryl/α,β-unsaturated/α-hetero) is 3. The highest BCUT2D eigenvalue weighted by Gasteiger charge is 2.10. The van der Waals surface area contributed by atoms with Crippen molar-refractivity contribution in [1.29, 1.82) is 0 Å². The first-order valence-electron chi connectivity index (χ1n) is 10.2. The number of hydrogen-bond acceptors (Lipinski definition) is 7. The average Bonchev–Trinajstić information content (AvgIpc) is 2.65. The summed E-state index contributed by atoms with van der Waals surface area (Å²) in [5.41, 5.74) is 0. The van der Waals surface area contributed by atoms with E-state index in [0.717, 1.165) is 0 Å². The minimum atomic E-state index is -0.00439. The molecule has 0 aliphatic carbocycles. The van der Waals surface area contributed by atoms with Crippen LogP contribution < -0.4 is 0 Å². The van der Waals surface area contributed by atoms with Crippen LogP contribution >= 0.6 is 0 Å². The standard InChI is InChI=1S/C21H38O7/c1-17(2)20(23)8-7-19(22)6-5-9-25-10-11-26-12-13-27-14-15-28-16-21(24)18(3)4/h17-18H,5-16H2,1-4H3. The van der Waals surface area contributed by atoms with Crippen molar-refractivity contribution in [3.63, 3.8) is 0 Å². The summed E-state index contributed by atoms with van der Waals surface area (Å²) in [7, 11) is 0. The van der Waals surface area contributed by atoms with Crippen molar-refractivity contribution in [2.45, 2.75) is 53.4 Å². The molecule has 164 valence electrons. The van der Waals surface area contributed by atoms with E-state index >= 15 is 0 Å². The Morgan fingerprint density at radius 2 is 1.04 bits per heavy atom. The van der Waals surface area contributed by atoms with Gasteiger partial charge in [0.15, 0.2) is 5.78 Å². The van der Waals surface area contributed by atoms with Crippen LogP contribution in [-0.2, 0) is 33.3 Å². The molecule has 0 aliphatic heterocycles. The van der Waals surface area contributed by atoms with E-state index in [1.54, 1.807) is 0 Å². The van der Waals surface area contributed by atoms with Crippen molar-refractivity contribution in [3.05, 3.63) is 0 Å². The van der Waals surface area contributed by atoms with Gasteiger partial charge in [-0.1, -0.05) is 27.7 Å². The summed E-state index contributed by atoms with van der Waals surface area (Å²) < 4.78 is 21.3. The highest BCUT2D eigenvalue weighted by Crippen LogP contribution is 2.05. The molecule has 0 aromatic heterocycles. The molecule has 0 saturated carbocycles. The van der Waals surface area contributed by atoms with Gasteiger partial charge in [-0.25, -0.2) is 0 Å². The molecule has 0 fully saturated rings. The third-order valence-corrected chi connectivity index (χ3v) is 4.04. The van der Waals surface area contributed by atoms with Crippen LogP contribution in [-0.4, -0.2) is 70.2 Å². The molecule has 7 nitrogen and oxygen atoms in total. The molecule has 0 N–H and O–H groups in total. The maximum Gasteiger partial charge on any atom is 0.160 e. The lowest BCUT2D eigenvalue weighted by molar-refractivity contribution is -0.127. The van der Waals surface area contributed by atoms with Crippen LogP contribution in [0.2, 0.25) is 0 Å². The molecular weight excluding hydrogens is 364 g/mol. The van der Waals surface area contributed by atoms with E-state index in [9.17, 15) is 14.4 Å². The summed E-state index contributed by atoms with van der Waals surface area (Å²) in [5, 5.41) is 0. The third-order valence-electron chi connectivity index (χ3n) is 4.04. The highest BCUT2D eigenvalue weighted by atomic mass is 16.6. The Kier molecular flexibility index (Phi) is 17.2. The molecular formula is C21H38O7. The summed E-state index contributed by atoms with van der Waals surface area (Å²) in [6, 6.07) is 0. The van der Waals surface area contributed by atoms with Crippen molar-refractivity contribution in [1.82, 2.24) is 0 Å². The minimum Gasteiger partial charge on any atom is -0.379 e. The van der Waals surface area contributed by atoms with Crippen LogP contribution in [0.25, 0.3) is 0 Å². The maximum absolute atomic E-state index is 11.7. The van der Waals surface area contributed by atoms with Crippen molar-refractivity contribution in [2.24, 2.45) is 11.8 Å². The minimum absolute atomic E-state index is 0.00239. The summed E-state index contributed by atoms with van der Waals surface area (Å²) in [5.74, 6) is 0.338. The van der Waals surface area contributed by atoms with Crippen LogP contribution in [0, 0.1) is 11.8 Å². The molecule has 0 radical (unpaired) electrons. The Hall–Kier alpha value is -1.15. The van der Waals surface area contributed by atoms with E-state index in [-0.39, 0.29) is 35.8 Å². The molecule has 0 rings (SSSR count). The summed E-state index contributed by atoms with van der Waals surface area (Å²) in [4.78, 5) is 34.5. The van der Waals surface area contributed by atoms with Gasteiger partial charge in [-0.15, -0.1) is 0 Å². The Labute approximate surface area is 169 Å². The van der Waals surface area contributed by atoms with Gasteiger partial charge in [-0.3, -0.25) is 14.4 Å². The lowest BCUT2D eigenvalue weighted by atomic mass is 10.0. The Balaban J connectivity index is 3.26. The number of carbonyl (C=O) groups excluding carboxylic acids is 3. The van der Waals surface area contributed by atoms with Crippen molar-refractivity contribution in [2.75, 3.05) is 52.9 Å². The first kappa shape index (κ1) is 26.9. The Morgan fingerprint density at radius 1 is 0.571 bits per heavy atom. The van der Waals surface area contributed by atoms with Crippen molar-refractivity contribution < 1.29 is 33.3 Å². The number of carbonyl (C=O) groups is 3. The fourth-order valence-electron chi connectivity index (χ4n) is 2.05.